The van der Waals surface area contributed by atoms with Gasteiger partial charge in [-0.15, -0.1) is 0 Å². The van der Waals surface area contributed by atoms with Crippen LogP contribution >= 0.6 is 0 Å². The first kappa shape index (κ1) is 8.28. The van der Waals surface area contributed by atoms with Gasteiger partial charge in [-0.25, -0.2) is 5.11 Å². The molecule has 13 heavy (non-hydrogen) atoms. The standard InChI is InChI=1S/C12H19O/c1-2-11-10-4-8-3-9(5-10)7-12(11,13)6-8/h8-11H,2-7H2,1H3. The van der Waals surface area contributed by atoms with E-state index in [1.807, 2.05) is 0 Å². The molecule has 0 aromatic rings. The summed E-state index contributed by atoms with van der Waals surface area (Å²) in [6.45, 7) is 2.21. The predicted octanol–water partition coefficient (Wildman–Crippen LogP) is 3.02. The minimum Gasteiger partial charge on any atom is -0.229 e. The molecule has 3 atom stereocenters. The quantitative estimate of drug-likeness (QED) is 0.589. The topological polar surface area (TPSA) is 19.9 Å². The van der Waals surface area contributed by atoms with Crippen molar-refractivity contribution in [2.75, 3.05) is 0 Å². The summed E-state index contributed by atoms with van der Waals surface area (Å²) in [7, 11) is 0. The summed E-state index contributed by atoms with van der Waals surface area (Å²) in [4.78, 5) is 0. The van der Waals surface area contributed by atoms with E-state index in [4.69, 9.17) is 0 Å². The van der Waals surface area contributed by atoms with Crippen molar-refractivity contribution in [2.24, 2.45) is 23.7 Å². The van der Waals surface area contributed by atoms with E-state index in [0.717, 1.165) is 37.0 Å². The van der Waals surface area contributed by atoms with Gasteiger partial charge in [0.15, 0.2) is 0 Å². The zero-order chi connectivity index (χ0) is 9.05. The lowest BCUT2D eigenvalue weighted by molar-refractivity contribution is -0.204. The molecule has 1 heteroatoms. The maximum absolute atomic E-state index is 12.6. The first-order valence-corrected chi connectivity index (χ1v) is 5.91. The minimum atomic E-state index is -0.483. The molecular formula is C12H19O. The van der Waals surface area contributed by atoms with Crippen molar-refractivity contribution in [2.45, 2.75) is 51.0 Å². The highest BCUT2D eigenvalue weighted by Crippen LogP contribution is 2.59. The fourth-order valence-electron chi connectivity index (χ4n) is 4.78. The Morgan fingerprint density at radius 3 is 2.23 bits per heavy atom. The highest BCUT2D eigenvalue weighted by atomic mass is 16.3. The van der Waals surface area contributed by atoms with Gasteiger partial charge in [-0.3, -0.25) is 0 Å². The Labute approximate surface area is 80.5 Å². The average molecular weight is 179 g/mol. The Balaban J connectivity index is 1.93. The summed E-state index contributed by atoms with van der Waals surface area (Å²) in [6.07, 6.45) is 7.32. The molecule has 0 saturated heterocycles. The van der Waals surface area contributed by atoms with Gasteiger partial charge in [0.1, 0.15) is 5.60 Å². The van der Waals surface area contributed by atoms with Gasteiger partial charge in [-0.1, -0.05) is 13.3 Å². The van der Waals surface area contributed by atoms with Crippen molar-refractivity contribution < 1.29 is 5.11 Å². The van der Waals surface area contributed by atoms with E-state index >= 15 is 0 Å². The van der Waals surface area contributed by atoms with Gasteiger partial charge in [-0.05, 0) is 55.8 Å². The van der Waals surface area contributed by atoms with Gasteiger partial charge in [-0.2, -0.15) is 0 Å². The number of hydrogen-bond donors (Lipinski definition) is 0. The van der Waals surface area contributed by atoms with Gasteiger partial charge in [0.05, 0.1) is 0 Å². The number of hydrogen-bond acceptors (Lipinski definition) is 0. The molecule has 0 aromatic heterocycles. The summed E-state index contributed by atoms with van der Waals surface area (Å²) in [5, 5.41) is 12.6. The van der Waals surface area contributed by atoms with Gasteiger partial charge in [0.25, 0.3) is 0 Å². The van der Waals surface area contributed by atoms with Crippen molar-refractivity contribution in [3.63, 3.8) is 0 Å². The van der Waals surface area contributed by atoms with Crippen molar-refractivity contribution in [1.82, 2.24) is 0 Å². The third-order valence-electron chi connectivity index (χ3n) is 4.89. The summed E-state index contributed by atoms with van der Waals surface area (Å²) in [5.41, 5.74) is -0.483. The maximum atomic E-state index is 12.6. The van der Waals surface area contributed by atoms with Crippen LogP contribution in [0.4, 0.5) is 0 Å². The lowest BCUT2D eigenvalue weighted by Crippen LogP contribution is -2.56. The molecular weight excluding hydrogens is 160 g/mol. The lowest BCUT2D eigenvalue weighted by Gasteiger charge is -2.57. The molecule has 4 saturated carbocycles. The van der Waals surface area contributed by atoms with Crippen LogP contribution in [0.3, 0.4) is 0 Å². The molecule has 4 aliphatic rings. The molecule has 1 nitrogen and oxygen atoms in total. The number of rotatable bonds is 1. The van der Waals surface area contributed by atoms with E-state index in [-0.39, 0.29) is 0 Å². The van der Waals surface area contributed by atoms with Crippen molar-refractivity contribution in [3.05, 3.63) is 0 Å². The van der Waals surface area contributed by atoms with Crippen LogP contribution in [-0.4, -0.2) is 5.60 Å². The average Bonchev–Trinajstić information content (AvgIpc) is 2.00. The SMILES string of the molecule is CCC1C2CC3CC(C2)CC1([O])C3. The van der Waals surface area contributed by atoms with Gasteiger partial charge >= 0.3 is 0 Å². The van der Waals surface area contributed by atoms with Gasteiger partial charge in [0.2, 0.25) is 0 Å². The third kappa shape index (κ3) is 1.03. The molecule has 73 valence electrons. The Kier molecular flexibility index (Phi) is 1.59. The summed E-state index contributed by atoms with van der Waals surface area (Å²) < 4.78 is 0. The summed E-state index contributed by atoms with van der Waals surface area (Å²) in [5.74, 6) is 2.98. The fraction of sp³-hybridized carbons (Fsp3) is 1.00. The van der Waals surface area contributed by atoms with Crippen molar-refractivity contribution in [3.8, 4) is 0 Å². The summed E-state index contributed by atoms with van der Waals surface area (Å²) >= 11 is 0. The van der Waals surface area contributed by atoms with Gasteiger partial charge < -0.3 is 0 Å². The van der Waals surface area contributed by atoms with Crippen molar-refractivity contribution >= 4 is 0 Å². The molecule has 4 rings (SSSR count). The van der Waals surface area contributed by atoms with E-state index in [9.17, 15) is 5.11 Å². The Hall–Kier alpha value is -0.0400. The maximum Gasteiger partial charge on any atom is 0.107 e. The van der Waals surface area contributed by atoms with E-state index < -0.39 is 5.60 Å². The van der Waals surface area contributed by atoms with Crippen LogP contribution in [0.25, 0.3) is 0 Å². The molecule has 0 spiro atoms. The predicted molar refractivity (Wildman–Crippen MR) is 50.8 cm³/mol. The Morgan fingerprint density at radius 2 is 1.77 bits per heavy atom. The molecule has 1 radical (unpaired) electrons. The zero-order valence-corrected chi connectivity index (χ0v) is 8.46. The van der Waals surface area contributed by atoms with Crippen LogP contribution in [-0.2, 0) is 5.11 Å². The second kappa shape index (κ2) is 2.50. The van der Waals surface area contributed by atoms with Gasteiger partial charge in [0, 0.05) is 0 Å². The van der Waals surface area contributed by atoms with Crippen LogP contribution in [0.5, 0.6) is 0 Å². The van der Waals surface area contributed by atoms with Crippen molar-refractivity contribution in [1.29, 1.82) is 0 Å². The fourth-order valence-corrected chi connectivity index (χ4v) is 4.78. The van der Waals surface area contributed by atoms with Crippen LogP contribution in [0, 0.1) is 23.7 Å². The highest BCUT2D eigenvalue weighted by Gasteiger charge is 2.56. The van der Waals surface area contributed by atoms with Crippen LogP contribution in [0.2, 0.25) is 0 Å². The van der Waals surface area contributed by atoms with Crippen LogP contribution < -0.4 is 0 Å². The van der Waals surface area contributed by atoms with Crippen LogP contribution in [0.15, 0.2) is 0 Å². The normalized spacial score (nSPS) is 58.6. The molecule has 0 heterocycles. The van der Waals surface area contributed by atoms with Crippen LogP contribution in [0.1, 0.15) is 45.4 Å². The molecule has 0 N–H and O–H groups in total. The first-order chi connectivity index (χ1) is 6.21. The molecule has 3 unspecified atom stereocenters. The largest absolute Gasteiger partial charge is 0.229 e. The monoisotopic (exact) mass is 179 g/mol. The summed E-state index contributed by atoms with van der Waals surface area (Å²) in [6, 6.07) is 0. The molecule has 0 aromatic carbocycles. The van der Waals surface area contributed by atoms with E-state index in [2.05, 4.69) is 6.92 Å². The minimum absolute atomic E-state index is 0.483. The smallest absolute Gasteiger partial charge is 0.107 e. The molecule has 4 bridgehead atoms. The Morgan fingerprint density at radius 1 is 1.15 bits per heavy atom. The third-order valence-corrected chi connectivity index (χ3v) is 4.89. The Bertz CT molecular complexity index is 209. The lowest BCUT2D eigenvalue weighted by atomic mass is 9.49. The molecule has 4 aliphatic carbocycles. The van der Waals surface area contributed by atoms with E-state index in [1.54, 1.807) is 0 Å². The zero-order valence-electron chi connectivity index (χ0n) is 8.46. The van der Waals surface area contributed by atoms with E-state index in [1.165, 1.54) is 19.3 Å². The highest BCUT2D eigenvalue weighted by molar-refractivity contribution is 5.06. The van der Waals surface area contributed by atoms with E-state index in [0.29, 0.717) is 5.92 Å². The second-order valence-corrected chi connectivity index (χ2v) is 5.69. The molecule has 4 fully saturated rings. The first-order valence-electron chi connectivity index (χ1n) is 5.91. The molecule has 0 aliphatic heterocycles. The second-order valence-electron chi connectivity index (χ2n) is 5.69. The molecule has 0 amide bonds.